The van der Waals surface area contributed by atoms with Crippen LogP contribution in [0.1, 0.15) is 28.4 Å². The molecule has 3 rings (SSSR count). The van der Waals surface area contributed by atoms with Gasteiger partial charge in [0.1, 0.15) is 0 Å². The maximum absolute atomic E-state index is 3.53. The number of rotatable bonds is 3. The molecular formula is C16H15BrN2. The minimum atomic E-state index is 0.220. The van der Waals surface area contributed by atoms with Crippen LogP contribution in [0, 0.1) is 6.92 Å². The van der Waals surface area contributed by atoms with Crippen molar-refractivity contribution in [2.24, 2.45) is 0 Å². The zero-order valence-electron chi connectivity index (χ0n) is 10.7. The van der Waals surface area contributed by atoms with E-state index in [4.69, 9.17) is 0 Å². The Balaban J connectivity index is 2.14. The molecule has 2 N–H and O–H groups in total. The van der Waals surface area contributed by atoms with E-state index in [1.54, 1.807) is 0 Å². The standard InChI is InChI=1S/C16H15BrN2/c1-11-10-12(17)6-7-13(11)16(14-4-2-8-18-14)15-5-3-9-19-15/h2-10,16,18-19H,1H3. The minimum Gasteiger partial charge on any atom is -0.364 e. The molecule has 2 aromatic heterocycles. The summed E-state index contributed by atoms with van der Waals surface area (Å²) >= 11 is 3.53. The van der Waals surface area contributed by atoms with Crippen LogP contribution >= 0.6 is 15.9 Å². The second-order valence-corrected chi connectivity index (χ2v) is 5.60. The first-order chi connectivity index (χ1) is 9.25. The zero-order valence-corrected chi connectivity index (χ0v) is 12.2. The maximum atomic E-state index is 3.53. The molecule has 1 aromatic carbocycles. The molecule has 0 amide bonds. The molecule has 0 saturated heterocycles. The average Bonchev–Trinajstić information content (AvgIpc) is 3.06. The lowest BCUT2D eigenvalue weighted by Gasteiger charge is -2.18. The van der Waals surface area contributed by atoms with Crippen molar-refractivity contribution in [3.63, 3.8) is 0 Å². The van der Waals surface area contributed by atoms with Gasteiger partial charge < -0.3 is 9.97 Å². The fourth-order valence-corrected chi connectivity index (χ4v) is 2.99. The van der Waals surface area contributed by atoms with Gasteiger partial charge in [0, 0.05) is 28.3 Å². The lowest BCUT2D eigenvalue weighted by molar-refractivity contribution is 0.888. The third-order valence-corrected chi connectivity index (χ3v) is 3.90. The van der Waals surface area contributed by atoms with Gasteiger partial charge >= 0.3 is 0 Å². The number of halogens is 1. The van der Waals surface area contributed by atoms with Crippen molar-refractivity contribution in [3.05, 3.63) is 81.8 Å². The summed E-state index contributed by atoms with van der Waals surface area (Å²) in [5.41, 5.74) is 5.00. The maximum Gasteiger partial charge on any atom is 0.0643 e. The fourth-order valence-electron chi connectivity index (χ4n) is 2.51. The summed E-state index contributed by atoms with van der Waals surface area (Å²) in [6, 6.07) is 14.8. The third kappa shape index (κ3) is 2.38. The van der Waals surface area contributed by atoms with Crippen molar-refractivity contribution in [2.45, 2.75) is 12.8 Å². The lowest BCUT2D eigenvalue weighted by Crippen LogP contribution is -2.06. The van der Waals surface area contributed by atoms with E-state index in [0.29, 0.717) is 0 Å². The Kier molecular flexibility index (Phi) is 3.30. The largest absolute Gasteiger partial charge is 0.364 e. The van der Waals surface area contributed by atoms with Crippen molar-refractivity contribution in [2.75, 3.05) is 0 Å². The van der Waals surface area contributed by atoms with Gasteiger partial charge in [0.05, 0.1) is 5.92 Å². The molecule has 0 radical (unpaired) electrons. The Morgan fingerprint density at radius 3 is 2.05 bits per heavy atom. The highest BCUT2D eigenvalue weighted by atomic mass is 79.9. The molecule has 0 unspecified atom stereocenters. The molecule has 2 heterocycles. The summed E-state index contributed by atoms with van der Waals surface area (Å²) in [5.74, 6) is 0.220. The van der Waals surface area contributed by atoms with Crippen molar-refractivity contribution in [3.8, 4) is 0 Å². The third-order valence-electron chi connectivity index (χ3n) is 3.41. The molecule has 3 heteroatoms. The summed E-state index contributed by atoms with van der Waals surface area (Å²) in [6.45, 7) is 2.15. The average molecular weight is 315 g/mol. The predicted molar refractivity (Wildman–Crippen MR) is 81.4 cm³/mol. The number of H-pyrrole nitrogens is 2. The number of hydrogen-bond acceptors (Lipinski definition) is 0. The van der Waals surface area contributed by atoms with Crippen LogP contribution in [0.25, 0.3) is 0 Å². The number of benzene rings is 1. The van der Waals surface area contributed by atoms with Crippen LogP contribution in [-0.4, -0.2) is 9.97 Å². The summed E-state index contributed by atoms with van der Waals surface area (Å²) in [6.07, 6.45) is 3.94. The molecule has 19 heavy (non-hydrogen) atoms. The molecule has 0 fully saturated rings. The van der Waals surface area contributed by atoms with Crippen LogP contribution in [-0.2, 0) is 0 Å². The number of aromatic amines is 2. The van der Waals surface area contributed by atoms with E-state index >= 15 is 0 Å². The highest BCUT2D eigenvalue weighted by Gasteiger charge is 2.20. The van der Waals surface area contributed by atoms with E-state index < -0.39 is 0 Å². The van der Waals surface area contributed by atoms with Crippen LogP contribution in [0.2, 0.25) is 0 Å². The zero-order chi connectivity index (χ0) is 13.2. The molecule has 0 spiro atoms. The van der Waals surface area contributed by atoms with Gasteiger partial charge in [-0.2, -0.15) is 0 Å². The van der Waals surface area contributed by atoms with E-state index in [0.717, 1.165) is 4.47 Å². The first kappa shape index (κ1) is 12.3. The smallest absolute Gasteiger partial charge is 0.0643 e. The number of aromatic nitrogens is 2. The summed E-state index contributed by atoms with van der Waals surface area (Å²) < 4.78 is 1.12. The minimum absolute atomic E-state index is 0.220. The monoisotopic (exact) mass is 314 g/mol. The second kappa shape index (κ2) is 5.10. The second-order valence-electron chi connectivity index (χ2n) is 4.68. The Hall–Kier alpha value is -1.74. The van der Waals surface area contributed by atoms with E-state index in [1.165, 1.54) is 22.5 Å². The normalized spacial score (nSPS) is 11.1. The SMILES string of the molecule is Cc1cc(Br)ccc1C(c1ccc[nH]1)c1ccc[nH]1. The molecule has 0 aliphatic heterocycles. The quantitative estimate of drug-likeness (QED) is 0.708. The van der Waals surface area contributed by atoms with Gasteiger partial charge in [-0.15, -0.1) is 0 Å². The van der Waals surface area contributed by atoms with Crippen molar-refractivity contribution < 1.29 is 0 Å². The molecule has 2 nitrogen and oxygen atoms in total. The van der Waals surface area contributed by atoms with Gasteiger partial charge in [-0.1, -0.05) is 22.0 Å². The van der Waals surface area contributed by atoms with Crippen molar-refractivity contribution in [1.29, 1.82) is 0 Å². The molecule has 0 atom stereocenters. The summed E-state index contributed by atoms with van der Waals surface area (Å²) in [4.78, 5) is 6.67. The van der Waals surface area contributed by atoms with Gasteiger partial charge in [-0.05, 0) is 54.4 Å². The van der Waals surface area contributed by atoms with Crippen LogP contribution in [0.4, 0.5) is 0 Å². The Morgan fingerprint density at radius 1 is 0.947 bits per heavy atom. The van der Waals surface area contributed by atoms with E-state index in [2.05, 4.69) is 63.2 Å². The van der Waals surface area contributed by atoms with Crippen LogP contribution in [0.3, 0.4) is 0 Å². The van der Waals surface area contributed by atoms with Gasteiger partial charge in [0.2, 0.25) is 0 Å². The topological polar surface area (TPSA) is 31.6 Å². The molecule has 0 aliphatic carbocycles. The highest BCUT2D eigenvalue weighted by molar-refractivity contribution is 9.10. The number of hydrogen-bond donors (Lipinski definition) is 2. The fraction of sp³-hybridized carbons (Fsp3) is 0.125. The Morgan fingerprint density at radius 2 is 1.58 bits per heavy atom. The first-order valence-corrected chi connectivity index (χ1v) is 7.07. The van der Waals surface area contributed by atoms with E-state index in [1.807, 2.05) is 24.5 Å². The lowest BCUT2D eigenvalue weighted by atomic mass is 9.89. The molecule has 0 bridgehead atoms. The molecule has 96 valence electrons. The first-order valence-electron chi connectivity index (χ1n) is 6.28. The Labute approximate surface area is 121 Å². The van der Waals surface area contributed by atoms with Gasteiger partial charge in [0.15, 0.2) is 0 Å². The summed E-state index contributed by atoms with van der Waals surface area (Å²) in [5, 5.41) is 0. The molecular weight excluding hydrogens is 300 g/mol. The number of aryl methyl sites for hydroxylation is 1. The van der Waals surface area contributed by atoms with Gasteiger partial charge in [-0.25, -0.2) is 0 Å². The molecule has 0 aliphatic rings. The van der Waals surface area contributed by atoms with Crippen LogP contribution in [0.5, 0.6) is 0 Å². The van der Waals surface area contributed by atoms with Crippen LogP contribution in [0.15, 0.2) is 59.3 Å². The molecule has 0 saturated carbocycles. The van der Waals surface area contributed by atoms with Crippen molar-refractivity contribution in [1.82, 2.24) is 9.97 Å². The highest BCUT2D eigenvalue weighted by Crippen LogP contribution is 2.32. The van der Waals surface area contributed by atoms with Gasteiger partial charge in [-0.3, -0.25) is 0 Å². The van der Waals surface area contributed by atoms with E-state index in [-0.39, 0.29) is 5.92 Å². The Bertz CT molecular complexity index is 620. The molecule has 3 aromatic rings. The predicted octanol–water partition coefficient (Wildman–Crippen LogP) is 4.59. The van der Waals surface area contributed by atoms with Crippen molar-refractivity contribution >= 4 is 15.9 Å². The van der Waals surface area contributed by atoms with Gasteiger partial charge in [0.25, 0.3) is 0 Å². The summed E-state index contributed by atoms with van der Waals surface area (Å²) in [7, 11) is 0. The number of nitrogens with one attached hydrogen (secondary N) is 2. The van der Waals surface area contributed by atoms with E-state index in [9.17, 15) is 0 Å². The van der Waals surface area contributed by atoms with Crippen LogP contribution < -0.4 is 0 Å².